The Morgan fingerprint density at radius 1 is 1.24 bits per heavy atom. The fraction of sp³-hybridized carbons (Fsp3) is 0.227. The van der Waals surface area contributed by atoms with Gasteiger partial charge in [-0.3, -0.25) is 18.8 Å². The van der Waals surface area contributed by atoms with Gasteiger partial charge in [-0.05, 0) is 17.2 Å². The number of aromatic hydroxyl groups is 1. The first-order valence-electron chi connectivity index (χ1n) is 10.0. The van der Waals surface area contributed by atoms with E-state index in [-0.39, 0.29) is 11.6 Å². The van der Waals surface area contributed by atoms with E-state index >= 15 is 0 Å². The number of carbonyl (C=O) groups excluding carboxylic acids is 1. The van der Waals surface area contributed by atoms with Crippen molar-refractivity contribution in [1.29, 1.82) is 0 Å². The molecule has 10 nitrogen and oxygen atoms in total. The molecule has 0 saturated heterocycles. The molecule has 0 aliphatic heterocycles. The Morgan fingerprint density at radius 3 is 2.64 bits per heavy atom. The molecule has 0 spiro atoms. The van der Waals surface area contributed by atoms with Crippen LogP contribution < -0.4 is 10.9 Å². The van der Waals surface area contributed by atoms with Crippen LogP contribution in [0.3, 0.4) is 0 Å². The second kappa shape index (κ2) is 8.91. The summed E-state index contributed by atoms with van der Waals surface area (Å²) in [5.41, 5.74) is 0.797. The molecule has 0 saturated carbocycles. The van der Waals surface area contributed by atoms with Crippen LogP contribution in [0.15, 0.2) is 58.4 Å². The molecule has 11 heteroatoms. The van der Waals surface area contributed by atoms with Crippen LogP contribution >= 0.6 is 11.6 Å². The van der Waals surface area contributed by atoms with Gasteiger partial charge in [0.25, 0.3) is 11.5 Å². The minimum Gasteiger partial charge on any atom is -0.501 e. The smallest absolute Gasteiger partial charge is 0.296 e. The summed E-state index contributed by atoms with van der Waals surface area (Å²) in [4.78, 5) is 30.0. The van der Waals surface area contributed by atoms with Crippen LogP contribution in [0.25, 0.3) is 0 Å². The van der Waals surface area contributed by atoms with E-state index in [0.29, 0.717) is 10.8 Å². The summed E-state index contributed by atoms with van der Waals surface area (Å²) in [5, 5.41) is 21.2. The third kappa shape index (κ3) is 4.24. The van der Waals surface area contributed by atoms with Gasteiger partial charge in [0, 0.05) is 37.2 Å². The van der Waals surface area contributed by atoms with Gasteiger partial charge in [-0.2, -0.15) is 5.10 Å². The Kier molecular flexibility index (Phi) is 6.01. The third-order valence-electron chi connectivity index (χ3n) is 5.44. The van der Waals surface area contributed by atoms with Crippen LogP contribution in [0.5, 0.6) is 5.75 Å². The largest absolute Gasteiger partial charge is 0.501 e. The standard InChI is InChI=1S/C22H21ClN6O4/c1-12(17(13-8-24-28(2)10-13)15-6-4-5-7-16(15)23)20-27-18(19(30)22(32)29(20)3)21(31)26-14-9-25-33-11-14/h4-12,17,30H,1-3H3,(H,26,31)/t12-,17+/m0/s1. The summed E-state index contributed by atoms with van der Waals surface area (Å²) < 4.78 is 7.60. The highest BCUT2D eigenvalue weighted by molar-refractivity contribution is 6.31. The molecule has 3 aromatic heterocycles. The molecular weight excluding hydrogens is 448 g/mol. The maximum Gasteiger partial charge on any atom is 0.296 e. The summed E-state index contributed by atoms with van der Waals surface area (Å²) in [7, 11) is 3.30. The van der Waals surface area contributed by atoms with E-state index in [1.54, 1.807) is 24.0 Å². The molecule has 0 aliphatic carbocycles. The number of hydrogen-bond donors (Lipinski definition) is 2. The molecule has 0 bridgehead atoms. The van der Waals surface area contributed by atoms with E-state index in [1.165, 1.54) is 24.1 Å². The molecule has 33 heavy (non-hydrogen) atoms. The lowest BCUT2D eigenvalue weighted by molar-refractivity contribution is 0.101. The Labute approximate surface area is 193 Å². The van der Waals surface area contributed by atoms with E-state index in [1.807, 2.05) is 31.3 Å². The summed E-state index contributed by atoms with van der Waals surface area (Å²) >= 11 is 6.53. The molecule has 0 unspecified atom stereocenters. The lowest BCUT2D eigenvalue weighted by Crippen LogP contribution is -2.29. The average Bonchev–Trinajstić information content (AvgIpc) is 3.45. The quantitative estimate of drug-likeness (QED) is 0.445. The number of amides is 1. The zero-order valence-corrected chi connectivity index (χ0v) is 18.8. The van der Waals surface area contributed by atoms with Crippen molar-refractivity contribution in [2.45, 2.75) is 18.8 Å². The number of aromatic nitrogens is 5. The fourth-order valence-corrected chi connectivity index (χ4v) is 4.10. The molecule has 1 aromatic carbocycles. The second-order valence-corrected chi connectivity index (χ2v) is 8.04. The zero-order valence-electron chi connectivity index (χ0n) is 18.1. The van der Waals surface area contributed by atoms with E-state index in [2.05, 4.69) is 20.6 Å². The van der Waals surface area contributed by atoms with Crippen molar-refractivity contribution < 1.29 is 14.4 Å². The Balaban J connectivity index is 1.83. The van der Waals surface area contributed by atoms with Crippen LogP contribution in [0.1, 0.15) is 46.2 Å². The Hall–Kier alpha value is -3.92. The van der Waals surface area contributed by atoms with Gasteiger partial charge in [-0.15, -0.1) is 0 Å². The van der Waals surface area contributed by atoms with Gasteiger partial charge in [-0.1, -0.05) is 41.9 Å². The van der Waals surface area contributed by atoms with Crippen molar-refractivity contribution in [3.63, 3.8) is 0 Å². The topological polar surface area (TPSA) is 128 Å². The molecule has 170 valence electrons. The van der Waals surface area contributed by atoms with Gasteiger partial charge in [0.2, 0.25) is 5.75 Å². The molecule has 0 fully saturated rings. The van der Waals surface area contributed by atoms with Crippen LogP contribution in [0.2, 0.25) is 5.02 Å². The summed E-state index contributed by atoms with van der Waals surface area (Å²) in [6, 6.07) is 7.39. The number of benzene rings is 1. The van der Waals surface area contributed by atoms with Gasteiger partial charge in [-0.25, -0.2) is 4.98 Å². The van der Waals surface area contributed by atoms with Crippen molar-refractivity contribution in [3.8, 4) is 5.75 Å². The Morgan fingerprint density at radius 2 is 2.00 bits per heavy atom. The lowest BCUT2D eigenvalue weighted by atomic mass is 9.82. The van der Waals surface area contributed by atoms with E-state index < -0.39 is 28.8 Å². The number of rotatable bonds is 6. The first-order chi connectivity index (χ1) is 15.8. The number of nitrogens with one attached hydrogen (secondary N) is 1. The average molecular weight is 469 g/mol. The number of hydrogen-bond acceptors (Lipinski definition) is 7. The van der Waals surface area contributed by atoms with E-state index in [9.17, 15) is 14.7 Å². The van der Waals surface area contributed by atoms with Crippen LogP contribution in [-0.2, 0) is 14.1 Å². The van der Waals surface area contributed by atoms with Gasteiger partial charge < -0.3 is 14.9 Å². The maximum atomic E-state index is 12.8. The maximum absolute atomic E-state index is 12.8. The minimum atomic E-state index is -0.766. The van der Waals surface area contributed by atoms with Crippen molar-refractivity contribution in [1.82, 2.24) is 24.5 Å². The molecule has 2 atom stereocenters. The van der Waals surface area contributed by atoms with Crippen molar-refractivity contribution in [2.24, 2.45) is 14.1 Å². The van der Waals surface area contributed by atoms with Crippen molar-refractivity contribution >= 4 is 23.2 Å². The summed E-state index contributed by atoms with van der Waals surface area (Å²) in [6.45, 7) is 1.88. The molecule has 0 radical (unpaired) electrons. The van der Waals surface area contributed by atoms with Crippen LogP contribution in [-0.4, -0.2) is 35.5 Å². The van der Waals surface area contributed by atoms with E-state index in [4.69, 9.17) is 16.1 Å². The van der Waals surface area contributed by atoms with Gasteiger partial charge in [0.05, 0.1) is 12.4 Å². The van der Waals surface area contributed by atoms with Gasteiger partial charge in [0.1, 0.15) is 17.8 Å². The lowest BCUT2D eigenvalue weighted by Gasteiger charge is -2.26. The van der Waals surface area contributed by atoms with Gasteiger partial charge >= 0.3 is 0 Å². The number of anilines is 1. The van der Waals surface area contributed by atoms with Crippen molar-refractivity contribution in [3.05, 3.63) is 87.1 Å². The van der Waals surface area contributed by atoms with Gasteiger partial charge in [0.15, 0.2) is 5.69 Å². The molecule has 2 N–H and O–H groups in total. The predicted molar refractivity (Wildman–Crippen MR) is 121 cm³/mol. The SMILES string of the molecule is C[C@H](c1nc(C(=O)Nc2cnoc2)c(O)c(=O)n1C)[C@H](c1cnn(C)c1)c1ccccc1Cl. The molecule has 4 aromatic rings. The first kappa shape index (κ1) is 22.3. The summed E-state index contributed by atoms with van der Waals surface area (Å²) in [5.74, 6) is -1.98. The zero-order chi connectivity index (χ0) is 23.7. The second-order valence-electron chi connectivity index (χ2n) is 7.63. The van der Waals surface area contributed by atoms with E-state index in [0.717, 1.165) is 11.1 Å². The molecule has 0 aliphatic rings. The highest BCUT2D eigenvalue weighted by Gasteiger charge is 2.31. The molecule has 4 rings (SSSR count). The minimum absolute atomic E-state index is 0.265. The third-order valence-corrected chi connectivity index (χ3v) is 5.78. The summed E-state index contributed by atoms with van der Waals surface area (Å²) in [6.07, 6.45) is 6.09. The van der Waals surface area contributed by atoms with Crippen LogP contribution in [0, 0.1) is 0 Å². The fourth-order valence-electron chi connectivity index (χ4n) is 3.84. The normalized spacial score (nSPS) is 13.0. The Bertz CT molecular complexity index is 1360. The van der Waals surface area contributed by atoms with Crippen LogP contribution in [0.4, 0.5) is 5.69 Å². The predicted octanol–water partition coefficient (Wildman–Crippen LogP) is 3.05. The number of nitrogens with zero attached hydrogens (tertiary/aromatic N) is 5. The number of carbonyl (C=O) groups is 1. The molecular formula is C22H21ClN6O4. The highest BCUT2D eigenvalue weighted by Crippen LogP contribution is 2.40. The molecule has 1 amide bonds. The molecule has 3 heterocycles. The van der Waals surface area contributed by atoms with Crippen molar-refractivity contribution in [2.75, 3.05) is 5.32 Å². The number of halogens is 1. The highest BCUT2D eigenvalue weighted by atomic mass is 35.5. The first-order valence-corrected chi connectivity index (χ1v) is 10.4. The monoisotopic (exact) mass is 468 g/mol. The number of aryl methyl sites for hydroxylation is 1.